The molecular formula is C15H22N2O4. The van der Waals surface area contributed by atoms with E-state index < -0.39 is 0 Å². The Morgan fingerprint density at radius 2 is 2.38 bits per heavy atom. The van der Waals surface area contributed by atoms with E-state index in [1.807, 2.05) is 0 Å². The summed E-state index contributed by atoms with van der Waals surface area (Å²) in [4.78, 5) is 13.9. The molecule has 1 aromatic rings. The van der Waals surface area contributed by atoms with Crippen molar-refractivity contribution in [3.8, 4) is 11.5 Å². The summed E-state index contributed by atoms with van der Waals surface area (Å²) >= 11 is 0. The molecule has 1 heterocycles. The second-order valence-corrected chi connectivity index (χ2v) is 5.19. The molecule has 0 aliphatic carbocycles. The van der Waals surface area contributed by atoms with Crippen LogP contribution in [0.4, 0.5) is 0 Å². The summed E-state index contributed by atoms with van der Waals surface area (Å²) in [6.45, 7) is 2.54. The van der Waals surface area contributed by atoms with Gasteiger partial charge in [-0.25, -0.2) is 0 Å². The van der Waals surface area contributed by atoms with Crippen LogP contribution in [0, 0.1) is 0 Å². The molecule has 0 aromatic heterocycles. The molecule has 1 unspecified atom stereocenters. The zero-order chi connectivity index (χ0) is 15.2. The quantitative estimate of drug-likeness (QED) is 0.838. The Hall–Kier alpha value is -1.79. The second-order valence-electron chi connectivity index (χ2n) is 5.19. The number of morpholine rings is 1. The SMILES string of the molecule is COc1cc(CN(C)C(=O)CC2COCCN2)ccc1O. The summed E-state index contributed by atoms with van der Waals surface area (Å²) in [7, 11) is 3.27. The van der Waals surface area contributed by atoms with Gasteiger partial charge in [0.2, 0.25) is 5.91 Å². The van der Waals surface area contributed by atoms with Gasteiger partial charge in [0.1, 0.15) is 0 Å². The summed E-state index contributed by atoms with van der Waals surface area (Å²) in [6.07, 6.45) is 0.422. The highest BCUT2D eigenvalue weighted by molar-refractivity contribution is 5.76. The topological polar surface area (TPSA) is 71.0 Å². The van der Waals surface area contributed by atoms with Crippen LogP contribution in [-0.4, -0.2) is 55.9 Å². The van der Waals surface area contributed by atoms with E-state index in [1.54, 1.807) is 30.1 Å². The summed E-state index contributed by atoms with van der Waals surface area (Å²) in [5.74, 6) is 0.569. The molecule has 0 radical (unpaired) electrons. The number of rotatable bonds is 5. The van der Waals surface area contributed by atoms with Crippen LogP contribution in [0.3, 0.4) is 0 Å². The van der Waals surface area contributed by atoms with Gasteiger partial charge in [0.25, 0.3) is 0 Å². The van der Waals surface area contributed by atoms with Crippen LogP contribution in [0.5, 0.6) is 11.5 Å². The molecule has 0 bridgehead atoms. The third-order valence-electron chi connectivity index (χ3n) is 3.51. The van der Waals surface area contributed by atoms with Gasteiger partial charge in [0.05, 0.1) is 20.3 Å². The predicted molar refractivity (Wildman–Crippen MR) is 78.4 cm³/mol. The number of aromatic hydroxyl groups is 1. The van der Waals surface area contributed by atoms with Crippen molar-refractivity contribution in [2.24, 2.45) is 0 Å². The number of nitrogens with zero attached hydrogens (tertiary/aromatic N) is 1. The van der Waals surface area contributed by atoms with Gasteiger partial charge in [-0.2, -0.15) is 0 Å². The third kappa shape index (κ3) is 4.34. The number of nitrogens with one attached hydrogen (secondary N) is 1. The fourth-order valence-electron chi connectivity index (χ4n) is 2.30. The zero-order valence-corrected chi connectivity index (χ0v) is 12.5. The minimum Gasteiger partial charge on any atom is -0.504 e. The van der Waals surface area contributed by atoms with Crippen LogP contribution < -0.4 is 10.1 Å². The molecule has 1 fully saturated rings. The number of phenols is 1. The Morgan fingerprint density at radius 1 is 1.57 bits per heavy atom. The largest absolute Gasteiger partial charge is 0.504 e. The first kappa shape index (κ1) is 15.6. The van der Waals surface area contributed by atoms with Crippen LogP contribution in [0.2, 0.25) is 0 Å². The van der Waals surface area contributed by atoms with Crippen LogP contribution in [0.15, 0.2) is 18.2 Å². The fourth-order valence-corrected chi connectivity index (χ4v) is 2.30. The van der Waals surface area contributed by atoms with Crippen molar-refractivity contribution in [1.29, 1.82) is 0 Å². The van der Waals surface area contributed by atoms with Crippen molar-refractivity contribution in [2.75, 3.05) is 33.9 Å². The summed E-state index contributed by atoms with van der Waals surface area (Å²) in [5.41, 5.74) is 0.911. The number of hydrogen-bond acceptors (Lipinski definition) is 5. The summed E-state index contributed by atoms with van der Waals surface area (Å²) in [5, 5.41) is 12.8. The Labute approximate surface area is 124 Å². The van der Waals surface area contributed by atoms with Crippen molar-refractivity contribution in [2.45, 2.75) is 19.0 Å². The normalized spacial score (nSPS) is 18.3. The van der Waals surface area contributed by atoms with Gasteiger partial charge in [-0.15, -0.1) is 0 Å². The lowest BCUT2D eigenvalue weighted by molar-refractivity contribution is -0.131. The van der Waals surface area contributed by atoms with E-state index in [2.05, 4.69) is 5.32 Å². The van der Waals surface area contributed by atoms with E-state index in [-0.39, 0.29) is 17.7 Å². The lowest BCUT2D eigenvalue weighted by Crippen LogP contribution is -2.44. The molecule has 21 heavy (non-hydrogen) atoms. The van der Waals surface area contributed by atoms with E-state index in [9.17, 15) is 9.90 Å². The zero-order valence-electron chi connectivity index (χ0n) is 12.5. The lowest BCUT2D eigenvalue weighted by atomic mass is 10.1. The van der Waals surface area contributed by atoms with Crippen LogP contribution in [0.1, 0.15) is 12.0 Å². The molecule has 2 N–H and O–H groups in total. The average molecular weight is 294 g/mol. The Kier molecular flexibility index (Phi) is 5.41. The number of hydrogen-bond donors (Lipinski definition) is 2. The van der Waals surface area contributed by atoms with Crippen molar-refractivity contribution in [3.05, 3.63) is 23.8 Å². The first-order valence-electron chi connectivity index (χ1n) is 7.01. The Balaban J connectivity index is 1.90. The molecule has 1 aliphatic heterocycles. The molecule has 1 atom stereocenters. The van der Waals surface area contributed by atoms with Crippen molar-refractivity contribution in [3.63, 3.8) is 0 Å². The monoisotopic (exact) mass is 294 g/mol. The van der Waals surface area contributed by atoms with Gasteiger partial charge < -0.3 is 24.8 Å². The van der Waals surface area contributed by atoms with Crippen LogP contribution >= 0.6 is 0 Å². The maximum atomic E-state index is 12.2. The van der Waals surface area contributed by atoms with E-state index in [4.69, 9.17) is 9.47 Å². The van der Waals surface area contributed by atoms with E-state index in [1.165, 1.54) is 7.11 Å². The van der Waals surface area contributed by atoms with Gasteiger partial charge in [-0.3, -0.25) is 4.79 Å². The number of ether oxygens (including phenoxy) is 2. The molecular weight excluding hydrogens is 272 g/mol. The first-order valence-corrected chi connectivity index (χ1v) is 7.01. The van der Waals surface area contributed by atoms with Gasteiger partial charge in [-0.05, 0) is 17.7 Å². The molecule has 116 valence electrons. The van der Waals surface area contributed by atoms with Crippen LogP contribution in [-0.2, 0) is 16.1 Å². The Bertz CT molecular complexity index is 487. The number of amides is 1. The standard InChI is InChI=1S/C15H22N2O4/c1-17(15(19)8-12-10-21-6-5-16-12)9-11-3-4-13(18)14(7-11)20-2/h3-4,7,12,16,18H,5-6,8-10H2,1-2H3. The van der Waals surface area contributed by atoms with E-state index in [0.717, 1.165) is 12.1 Å². The smallest absolute Gasteiger partial charge is 0.224 e. The summed E-state index contributed by atoms with van der Waals surface area (Å²) < 4.78 is 10.4. The number of phenolic OH excluding ortho intramolecular Hbond substituents is 1. The van der Waals surface area contributed by atoms with E-state index >= 15 is 0 Å². The maximum Gasteiger partial charge on any atom is 0.224 e. The van der Waals surface area contributed by atoms with Crippen LogP contribution in [0.25, 0.3) is 0 Å². The second kappa shape index (κ2) is 7.28. The number of benzene rings is 1. The minimum atomic E-state index is 0.0602. The summed E-state index contributed by atoms with van der Waals surface area (Å²) in [6, 6.07) is 5.18. The maximum absolute atomic E-state index is 12.2. The highest BCUT2D eigenvalue weighted by Crippen LogP contribution is 2.26. The molecule has 0 spiro atoms. The molecule has 1 saturated heterocycles. The van der Waals surface area contributed by atoms with Gasteiger partial charge in [0.15, 0.2) is 11.5 Å². The number of methoxy groups -OCH3 is 1. The Morgan fingerprint density at radius 3 is 3.05 bits per heavy atom. The predicted octanol–water partition coefficient (Wildman–Crippen LogP) is 0.738. The van der Waals surface area contributed by atoms with Gasteiger partial charge in [-0.1, -0.05) is 6.07 Å². The fraction of sp³-hybridized carbons (Fsp3) is 0.533. The van der Waals surface area contributed by atoms with Crippen molar-refractivity contribution in [1.82, 2.24) is 10.2 Å². The average Bonchev–Trinajstić information content (AvgIpc) is 2.50. The molecule has 6 heteroatoms. The lowest BCUT2D eigenvalue weighted by Gasteiger charge is -2.25. The number of carbonyl (C=O) groups excluding carboxylic acids is 1. The molecule has 2 rings (SSSR count). The minimum absolute atomic E-state index is 0.0602. The molecule has 1 amide bonds. The first-order chi connectivity index (χ1) is 10.1. The molecule has 1 aromatic carbocycles. The highest BCUT2D eigenvalue weighted by atomic mass is 16.5. The number of carbonyl (C=O) groups is 1. The van der Waals surface area contributed by atoms with Gasteiger partial charge in [0, 0.05) is 32.6 Å². The van der Waals surface area contributed by atoms with Crippen molar-refractivity contribution >= 4 is 5.91 Å². The molecule has 1 aliphatic rings. The molecule has 6 nitrogen and oxygen atoms in total. The third-order valence-corrected chi connectivity index (χ3v) is 3.51. The highest BCUT2D eigenvalue weighted by Gasteiger charge is 2.19. The molecule has 0 saturated carbocycles. The van der Waals surface area contributed by atoms with E-state index in [0.29, 0.717) is 31.9 Å². The van der Waals surface area contributed by atoms with Crippen molar-refractivity contribution < 1.29 is 19.4 Å². The van der Waals surface area contributed by atoms with Gasteiger partial charge >= 0.3 is 0 Å².